The number of nitrogens with zero attached hydrogens (tertiary/aromatic N) is 2. The number of pyridine rings is 1. The molecule has 1 N–H and O–H groups in total. The number of benzene rings is 1. The molecule has 0 amide bonds. The predicted molar refractivity (Wildman–Crippen MR) is 90.3 cm³/mol. The molecule has 0 saturated heterocycles. The second kappa shape index (κ2) is 6.23. The zero-order chi connectivity index (χ0) is 15.5. The van der Waals surface area contributed by atoms with Crippen molar-refractivity contribution in [3.8, 4) is 28.4 Å². The lowest BCUT2D eigenvalue weighted by Gasteiger charge is -2.07. The molecule has 0 aliphatic rings. The third-order valence-corrected chi connectivity index (χ3v) is 4.25. The maximum absolute atomic E-state index is 5.45. The minimum absolute atomic E-state index is 0.835. The van der Waals surface area contributed by atoms with Crippen LogP contribution in [0.1, 0.15) is 5.69 Å². The molecular formula is C17H17N3OS. The molecule has 2 aromatic heterocycles. The molecule has 0 unspecified atom stereocenters. The van der Waals surface area contributed by atoms with E-state index in [1.54, 1.807) is 25.1 Å². The normalized spacial score (nSPS) is 10.7. The maximum atomic E-state index is 5.45. The van der Waals surface area contributed by atoms with E-state index in [1.165, 1.54) is 0 Å². The summed E-state index contributed by atoms with van der Waals surface area (Å²) in [6.07, 6.45) is 5.62. The highest BCUT2D eigenvalue weighted by Crippen LogP contribution is 2.32. The Bertz CT molecular complexity index is 784. The Morgan fingerprint density at radius 2 is 2.05 bits per heavy atom. The van der Waals surface area contributed by atoms with Crippen molar-refractivity contribution in [2.75, 3.05) is 13.4 Å². The number of imidazole rings is 1. The second-order valence-corrected chi connectivity index (χ2v) is 5.72. The van der Waals surface area contributed by atoms with Crippen LogP contribution >= 0.6 is 11.8 Å². The van der Waals surface area contributed by atoms with Crippen molar-refractivity contribution in [1.29, 1.82) is 0 Å². The Labute approximate surface area is 134 Å². The Kier molecular flexibility index (Phi) is 4.15. The molecule has 0 fully saturated rings. The Morgan fingerprint density at radius 3 is 2.73 bits per heavy atom. The number of aromatic nitrogens is 3. The lowest BCUT2D eigenvalue weighted by atomic mass is 10.2. The van der Waals surface area contributed by atoms with Crippen LogP contribution in [0.4, 0.5) is 0 Å². The lowest BCUT2D eigenvalue weighted by Crippen LogP contribution is -1.88. The average Bonchev–Trinajstić information content (AvgIpc) is 2.97. The maximum Gasteiger partial charge on any atom is 0.138 e. The summed E-state index contributed by atoms with van der Waals surface area (Å²) in [6.45, 7) is 2.02. The van der Waals surface area contributed by atoms with Gasteiger partial charge in [0.2, 0.25) is 0 Å². The van der Waals surface area contributed by atoms with Crippen molar-refractivity contribution in [1.82, 2.24) is 15.0 Å². The van der Waals surface area contributed by atoms with Crippen LogP contribution < -0.4 is 4.74 Å². The molecule has 0 radical (unpaired) electrons. The molecule has 2 heterocycles. The number of nitrogens with one attached hydrogen (secondary N) is 1. The van der Waals surface area contributed by atoms with Crippen molar-refractivity contribution < 1.29 is 4.74 Å². The lowest BCUT2D eigenvalue weighted by molar-refractivity contribution is 0.405. The first-order valence-corrected chi connectivity index (χ1v) is 8.15. The van der Waals surface area contributed by atoms with Crippen LogP contribution in [0.3, 0.4) is 0 Å². The van der Waals surface area contributed by atoms with E-state index in [0.717, 1.165) is 39.0 Å². The average molecular weight is 311 g/mol. The van der Waals surface area contributed by atoms with Crippen molar-refractivity contribution in [3.63, 3.8) is 0 Å². The summed E-state index contributed by atoms with van der Waals surface area (Å²) in [7, 11) is 1.69. The molecule has 22 heavy (non-hydrogen) atoms. The fourth-order valence-corrected chi connectivity index (χ4v) is 2.91. The SMILES string of the molecule is COc1cc(-c2nc(-c3cccnc3)c(C)[nH]2)ccc1SC. The number of thioether (sulfide) groups is 1. The van der Waals surface area contributed by atoms with Crippen LogP contribution in [0.15, 0.2) is 47.6 Å². The highest BCUT2D eigenvalue weighted by atomic mass is 32.2. The summed E-state index contributed by atoms with van der Waals surface area (Å²) in [5.74, 6) is 1.70. The van der Waals surface area contributed by atoms with Crippen LogP contribution in [-0.4, -0.2) is 28.3 Å². The minimum Gasteiger partial charge on any atom is -0.496 e. The number of ether oxygens (including phenoxy) is 1. The van der Waals surface area contributed by atoms with Crippen molar-refractivity contribution >= 4 is 11.8 Å². The van der Waals surface area contributed by atoms with E-state index < -0.39 is 0 Å². The van der Waals surface area contributed by atoms with E-state index in [4.69, 9.17) is 9.72 Å². The van der Waals surface area contributed by atoms with Gasteiger partial charge in [-0.25, -0.2) is 4.98 Å². The van der Waals surface area contributed by atoms with E-state index in [2.05, 4.69) is 22.1 Å². The topological polar surface area (TPSA) is 50.8 Å². The van der Waals surface area contributed by atoms with Gasteiger partial charge in [-0.05, 0) is 43.5 Å². The van der Waals surface area contributed by atoms with Gasteiger partial charge in [0.25, 0.3) is 0 Å². The van der Waals surface area contributed by atoms with E-state index in [1.807, 2.05) is 37.6 Å². The number of methoxy groups -OCH3 is 1. The first-order valence-electron chi connectivity index (χ1n) is 6.92. The van der Waals surface area contributed by atoms with Crippen molar-refractivity contribution in [2.24, 2.45) is 0 Å². The summed E-state index contributed by atoms with van der Waals surface area (Å²) >= 11 is 1.67. The number of hydrogen-bond acceptors (Lipinski definition) is 4. The summed E-state index contributed by atoms with van der Waals surface area (Å²) in [5.41, 5.74) is 3.97. The largest absolute Gasteiger partial charge is 0.496 e. The van der Waals surface area contributed by atoms with Gasteiger partial charge in [-0.2, -0.15) is 0 Å². The van der Waals surface area contributed by atoms with Gasteiger partial charge in [-0.3, -0.25) is 4.98 Å². The second-order valence-electron chi connectivity index (χ2n) is 4.87. The van der Waals surface area contributed by atoms with E-state index in [9.17, 15) is 0 Å². The van der Waals surface area contributed by atoms with Crippen molar-refractivity contribution in [2.45, 2.75) is 11.8 Å². The molecule has 0 bridgehead atoms. The summed E-state index contributed by atoms with van der Waals surface area (Å²) in [4.78, 5) is 13.3. The molecule has 112 valence electrons. The van der Waals surface area contributed by atoms with Gasteiger partial charge in [-0.15, -0.1) is 11.8 Å². The standard InChI is InChI=1S/C17H17N3OS/c1-11-16(13-5-4-8-18-10-13)20-17(19-11)12-6-7-15(22-3)14(9-12)21-2/h4-10H,1-3H3,(H,19,20). The van der Waals surface area contributed by atoms with Crippen LogP contribution in [0.2, 0.25) is 0 Å². The molecule has 0 spiro atoms. The number of H-pyrrole nitrogens is 1. The third-order valence-electron chi connectivity index (χ3n) is 3.48. The molecule has 0 aliphatic heterocycles. The zero-order valence-electron chi connectivity index (χ0n) is 12.8. The van der Waals surface area contributed by atoms with Gasteiger partial charge >= 0.3 is 0 Å². The Morgan fingerprint density at radius 1 is 1.18 bits per heavy atom. The number of rotatable bonds is 4. The van der Waals surface area contributed by atoms with Crippen molar-refractivity contribution in [3.05, 3.63) is 48.4 Å². The Balaban J connectivity index is 2.03. The summed E-state index contributed by atoms with van der Waals surface area (Å²) in [5, 5.41) is 0. The van der Waals surface area contributed by atoms with E-state index in [-0.39, 0.29) is 0 Å². The summed E-state index contributed by atoms with van der Waals surface area (Å²) < 4.78 is 5.45. The first kappa shape index (κ1) is 14.7. The van der Waals surface area contributed by atoms with Crippen LogP contribution in [-0.2, 0) is 0 Å². The molecular weight excluding hydrogens is 294 g/mol. The van der Waals surface area contributed by atoms with Gasteiger partial charge in [0.05, 0.1) is 12.8 Å². The van der Waals surface area contributed by atoms with Gasteiger partial charge in [0, 0.05) is 34.1 Å². The molecule has 0 aliphatic carbocycles. The van der Waals surface area contributed by atoms with Gasteiger partial charge < -0.3 is 9.72 Å². The molecule has 3 aromatic rings. The highest BCUT2D eigenvalue weighted by Gasteiger charge is 2.12. The van der Waals surface area contributed by atoms with Crippen LogP contribution in [0.5, 0.6) is 5.75 Å². The quantitative estimate of drug-likeness (QED) is 0.734. The number of aryl methyl sites for hydroxylation is 1. The van der Waals surface area contributed by atoms with Crippen LogP contribution in [0, 0.1) is 6.92 Å². The monoisotopic (exact) mass is 311 g/mol. The Hall–Kier alpha value is -2.27. The molecule has 0 saturated carbocycles. The zero-order valence-corrected chi connectivity index (χ0v) is 13.6. The fourth-order valence-electron chi connectivity index (χ4n) is 2.36. The third kappa shape index (κ3) is 2.72. The van der Waals surface area contributed by atoms with E-state index >= 15 is 0 Å². The van der Waals surface area contributed by atoms with Crippen LogP contribution in [0.25, 0.3) is 22.6 Å². The van der Waals surface area contributed by atoms with Gasteiger partial charge in [-0.1, -0.05) is 0 Å². The van der Waals surface area contributed by atoms with Gasteiger partial charge in [0.1, 0.15) is 11.6 Å². The molecule has 3 rings (SSSR count). The molecule has 4 nitrogen and oxygen atoms in total. The minimum atomic E-state index is 0.835. The molecule has 1 aromatic carbocycles. The number of aromatic amines is 1. The molecule has 0 atom stereocenters. The smallest absolute Gasteiger partial charge is 0.138 e. The number of hydrogen-bond donors (Lipinski definition) is 1. The fraction of sp³-hybridized carbons (Fsp3) is 0.176. The van der Waals surface area contributed by atoms with Gasteiger partial charge in [0.15, 0.2) is 0 Å². The molecule has 5 heteroatoms. The predicted octanol–water partition coefficient (Wildman–Crippen LogP) is 4.18. The van der Waals surface area contributed by atoms with E-state index in [0.29, 0.717) is 0 Å². The highest BCUT2D eigenvalue weighted by molar-refractivity contribution is 7.98. The first-order chi connectivity index (χ1) is 10.7. The summed E-state index contributed by atoms with van der Waals surface area (Å²) in [6, 6.07) is 10.0.